The zero-order chi connectivity index (χ0) is 17.5. The normalized spacial score (nSPS) is 20.8. The Morgan fingerprint density at radius 1 is 1.16 bits per heavy atom. The third kappa shape index (κ3) is 5.29. The predicted octanol–water partition coefficient (Wildman–Crippen LogP) is 2.83. The topological polar surface area (TPSA) is 74.2 Å². The summed E-state index contributed by atoms with van der Waals surface area (Å²) in [4.78, 5) is 16.7. The van der Waals surface area contributed by atoms with E-state index in [0.29, 0.717) is 18.9 Å². The Kier molecular flexibility index (Phi) is 6.01. The molecule has 5 heteroatoms. The van der Waals surface area contributed by atoms with E-state index in [1.54, 1.807) is 6.20 Å². The Morgan fingerprint density at radius 2 is 1.96 bits per heavy atom. The number of nitrogens with one attached hydrogen (secondary N) is 2. The van der Waals surface area contributed by atoms with Crippen LogP contribution in [0.25, 0.3) is 0 Å². The van der Waals surface area contributed by atoms with Gasteiger partial charge in [-0.15, -0.1) is 0 Å². The van der Waals surface area contributed by atoms with Gasteiger partial charge in [-0.1, -0.05) is 36.4 Å². The van der Waals surface area contributed by atoms with E-state index < -0.39 is 0 Å². The number of carbonyl (C=O) groups is 1. The van der Waals surface area contributed by atoms with Gasteiger partial charge in [-0.05, 0) is 42.9 Å². The van der Waals surface area contributed by atoms with Gasteiger partial charge in [0.25, 0.3) is 0 Å². The van der Waals surface area contributed by atoms with E-state index in [0.717, 1.165) is 30.5 Å². The van der Waals surface area contributed by atoms with Crippen molar-refractivity contribution >= 4 is 6.03 Å². The van der Waals surface area contributed by atoms with Gasteiger partial charge in [0, 0.05) is 24.9 Å². The van der Waals surface area contributed by atoms with Crippen LogP contribution in [-0.4, -0.2) is 28.8 Å². The number of urea groups is 1. The Balaban J connectivity index is 1.60. The number of rotatable bonds is 6. The summed E-state index contributed by atoms with van der Waals surface area (Å²) in [6.07, 6.45) is 4.77. The third-order valence-corrected chi connectivity index (χ3v) is 4.71. The molecule has 0 spiro atoms. The van der Waals surface area contributed by atoms with Crippen LogP contribution in [0.4, 0.5) is 4.79 Å². The number of hydrogen-bond donors (Lipinski definition) is 3. The number of aliphatic hydroxyl groups is 1. The summed E-state index contributed by atoms with van der Waals surface area (Å²) in [5.74, 6) is 0.367. The number of nitrogens with zero attached hydrogens (tertiary/aromatic N) is 1. The number of hydrogen-bond acceptors (Lipinski definition) is 3. The van der Waals surface area contributed by atoms with Crippen molar-refractivity contribution in [1.29, 1.82) is 0 Å². The lowest BCUT2D eigenvalue weighted by Crippen LogP contribution is -2.40. The molecule has 1 aromatic carbocycles. The molecule has 0 unspecified atom stereocenters. The molecule has 1 aliphatic carbocycles. The maximum atomic E-state index is 12.4. The lowest BCUT2D eigenvalue weighted by atomic mass is 10.0. The van der Waals surface area contributed by atoms with Gasteiger partial charge in [0.2, 0.25) is 0 Å². The molecule has 0 bridgehead atoms. The minimum atomic E-state index is -0.212. The first-order chi connectivity index (χ1) is 12.2. The van der Waals surface area contributed by atoms with Crippen LogP contribution < -0.4 is 10.6 Å². The van der Waals surface area contributed by atoms with Crippen LogP contribution in [0.3, 0.4) is 0 Å². The summed E-state index contributed by atoms with van der Waals surface area (Å²) < 4.78 is 0. The number of carbonyl (C=O) groups excluding carboxylic acids is 1. The van der Waals surface area contributed by atoms with Gasteiger partial charge in [0.1, 0.15) is 0 Å². The quantitative estimate of drug-likeness (QED) is 0.757. The second-order valence-corrected chi connectivity index (χ2v) is 6.68. The molecule has 5 nitrogen and oxygen atoms in total. The Labute approximate surface area is 148 Å². The Hall–Kier alpha value is -2.40. The van der Waals surface area contributed by atoms with Gasteiger partial charge < -0.3 is 15.7 Å². The molecule has 132 valence electrons. The molecule has 1 fully saturated rings. The van der Waals surface area contributed by atoms with Crippen LogP contribution in [0.1, 0.15) is 36.6 Å². The number of amides is 2. The molecule has 25 heavy (non-hydrogen) atoms. The highest BCUT2D eigenvalue weighted by Crippen LogP contribution is 2.24. The highest BCUT2D eigenvalue weighted by Gasteiger charge is 2.23. The van der Waals surface area contributed by atoms with E-state index in [2.05, 4.69) is 15.6 Å². The zero-order valence-corrected chi connectivity index (χ0v) is 14.3. The van der Waals surface area contributed by atoms with Crippen LogP contribution in [0, 0.1) is 5.92 Å². The maximum absolute atomic E-state index is 12.4. The fourth-order valence-corrected chi connectivity index (χ4v) is 3.35. The smallest absolute Gasteiger partial charge is 0.315 e. The lowest BCUT2D eigenvalue weighted by Gasteiger charge is -2.20. The van der Waals surface area contributed by atoms with Crippen molar-refractivity contribution in [3.05, 3.63) is 66.0 Å². The molecule has 3 rings (SSSR count). The van der Waals surface area contributed by atoms with E-state index in [1.165, 1.54) is 0 Å². The first kappa shape index (κ1) is 17.4. The third-order valence-electron chi connectivity index (χ3n) is 4.71. The van der Waals surface area contributed by atoms with Crippen molar-refractivity contribution in [2.24, 2.45) is 5.92 Å². The molecule has 3 N–H and O–H groups in total. The van der Waals surface area contributed by atoms with Crippen molar-refractivity contribution < 1.29 is 9.90 Å². The average molecular weight is 339 g/mol. The number of aliphatic hydroxyl groups excluding tert-OH is 1. The van der Waals surface area contributed by atoms with E-state index in [9.17, 15) is 9.90 Å². The van der Waals surface area contributed by atoms with Crippen molar-refractivity contribution in [3.63, 3.8) is 0 Å². The largest absolute Gasteiger partial charge is 0.393 e. The van der Waals surface area contributed by atoms with Gasteiger partial charge in [0.15, 0.2) is 0 Å². The molecular formula is C20H25N3O2. The summed E-state index contributed by atoms with van der Waals surface area (Å²) in [6.45, 7) is 0.605. The van der Waals surface area contributed by atoms with Crippen molar-refractivity contribution in [3.8, 4) is 0 Å². The first-order valence-electron chi connectivity index (χ1n) is 8.88. The van der Waals surface area contributed by atoms with Crippen LogP contribution in [0.5, 0.6) is 0 Å². The molecule has 1 heterocycles. The van der Waals surface area contributed by atoms with E-state index in [1.807, 2.05) is 48.5 Å². The molecule has 1 saturated carbocycles. The molecule has 3 atom stereocenters. The second-order valence-electron chi connectivity index (χ2n) is 6.68. The molecule has 0 saturated heterocycles. The van der Waals surface area contributed by atoms with Gasteiger partial charge in [-0.3, -0.25) is 4.98 Å². The number of pyridine rings is 1. The van der Waals surface area contributed by atoms with E-state index in [-0.39, 0.29) is 18.2 Å². The molecule has 0 radical (unpaired) electrons. The summed E-state index contributed by atoms with van der Waals surface area (Å²) in [5, 5.41) is 15.6. The molecule has 1 aliphatic rings. The summed E-state index contributed by atoms with van der Waals surface area (Å²) in [5.41, 5.74) is 2.00. The molecular weight excluding hydrogens is 314 g/mol. The van der Waals surface area contributed by atoms with Crippen molar-refractivity contribution in [1.82, 2.24) is 15.6 Å². The molecule has 0 aliphatic heterocycles. The van der Waals surface area contributed by atoms with Gasteiger partial charge >= 0.3 is 6.03 Å². The second kappa shape index (κ2) is 8.62. The molecule has 2 aromatic rings. The minimum absolute atomic E-state index is 0.134. The van der Waals surface area contributed by atoms with E-state index in [4.69, 9.17) is 0 Å². The minimum Gasteiger partial charge on any atom is -0.393 e. The Bertz CT molecular complexity index is 663. The van der Waals surface area contributed by atoms with Crippen LogP contribution in [0.15, 0.2) is 54.7 Å². The summed E-state index contributed by atoms with van der Waals surface area (Å²) >= 11 is 0. The maximum Gasteiger partial charge on any atom is 0.315 e. The number of benzene rings is 1. The van der Waals surface area contributed by atoms with Crippen LogP contribution in [-0.2, 0) is 6.42 Å². The van der Waals surface area contributed by atoms with E-state index >= 15 is 0 Å². The standard InChI is InChI=1S/C20H25N3O2/c24-18-10-9-15(12-18)14-22-20(25)23-19(16-6-2-1-3-7-16)13-17-8-4-5-11-21-17/h1-8,11,15,18-19,24H,9-10,12-14H2,(H2,22,23,25)/t15-,18-,19-/m1/s1. The lowest BCUT2D eigenvalue weighted by molar-refractivity contribution is 0.177. The fourth-order valence-electron chi connectivity index (χ4n) is 3.35. The number of aromatic nitrogens is 1. The highest BCUT2D eigenvalue weighted by atomic mass is 16.3. The van der Waals surface area contributed by atoms with Crippen molar-refractivity contribution in [2.45, 2.75) is 37.8 Å². The molecule has 1 aromatic heterocycles. The highest BCUT2D eigenvalue weighted by molar-refractivity contribution is 5.74. The van der Waals surface area contributed by atoms with Gasteiger partial charge in [-0.2, -0.15) is 0 Å². The monoisotopic (exact) mass is 339 g/mol. The van der Waals surface area contributed by atoms with Crippen LogP contribution in [0.2, 0.25) is 0 Å². The van der Waals surface area contributed by atoms with Crippen LogP contribution >= 0.6 is 0 Å². The summed E-state index contributed by atoms with van der Waals surface area (Å²) in [7, 11) is 0. The first-order valence-corrected chi connectivity index (χ1v) is 8.88. The fraction of sp³-hybridized carbons (Fsp3) is 0.400. The summed E-state index contributed by atoms with van der Waals surface area (Å²) in [6, 6.07) is 15.4. The predicted molar refractivity (Wildman–Crippen MR) is 97.0 cm³/mol. The average Bonchev–Trinajstić information content (AvgIpc) is 3.06. The molecule has 2 amide bonds. The SMILES string of the molecule is O=C(NC[C@@H]1CC[C@@H](O)C1)N[C@H](Cc1ccccn1)c1ccccc1. The Morgan fingerprint density at radius 3 is 2.64 bits per heavy atom. The van der Waals surface area contributed by atoms with Gasteiger partial charge in [0.05, 0.1) is 12.1 Å². The van der Waals surface area contributed by atoms with Crippen molar-refractivity contribution in [2.75, 3.05) is 6.54 Å². The zero-order valence-electron chi connectivity index (χ0n) is 14.3. The van der Waals surface area contributed by atoms with Gasteiger partial charge in [-0.25, -0.2) is 4.79 Å².